The molecule has 11 rings (SSSR count). The van der Waals surface area contributed by atoms with Crippen molar-refractivity contribution in [3.63, 3.8) is 0 Å². The highest BCUT2D eigenvalue weighted by Crippen LogP contribution is 2.39. The van der Waals surface area contributed by atoms with Gasteiger partial charge in [0.2, 0.25) is 5.82 Å². The molecule has 3 aromatic heterocycles. The van der Waals surface area contributed by atoms with Crippen molar-refractivity contribution in [1.29, 1.82) is 0 Å². The number of likely N-dealkylation sites (tertiary alicyclic amines) is 1. The van der Waals surface area contributed by atoms with Crippen LogP contribution in [0, 0.1) is 12.7 Å². The molecule has 2 bridgehead atoms. The van der Waals surface area contributed by atoms with Crippen LogP contribution in [0.2, 0.25) is 0 Å². The Labute approximate surface area is 420 Å². The average molecular weight is 979 g/mol. The predicted octanol–water partition coefficient (Wildman–Crippen LogP) is 7.58. The normalized spacial score (nSPS) is 18.0. The zero-order valence-corrected chi connectivity index (χ0v) is 42.3. The van der Waals surface area contributed by atoms with Gasteiger partial charge in [0.15, 0.2) is 11.6 Å². The molecular formula is C55H67FN12O4. The predicted molar refractivity (Wildman–Crippen MR) is 281 cm³/mol. The second-order valence-electron chi connectivity index (χ2n) is 19.6. The van der Waals surface area contributed by atoms with Crippen molar-refractivity contribution in [2.45, 2.75) is 77.9 Å². The van der Waals surface area contributed by atoms with E-state index in [0.717, 1.165) is 80.6 Å². The summed E-state index contributed by atoms with van der Waals surface area (Å²) >= 11 is 0. The summed E-state index contributed by atoms with van der Waals surface area (Å²) in [5, 5.41) is 41.8. The molecule has 2 atom stereocenters. The summed E-state index contributed by atoms with van der Waals surface area (Å²) < 4.78 is 23.0. The molecule has 2 unspecified atom stereocenters. The first-order chi connectivity index (χ1) is 34.9. The lowest BCUT2D eigenvalue weighted by Crippen LogP contribution is -2.51. The first-order valence-electron chi connectivity index (χ1n) is 25.3. The van der Waals surface area contributed by atoms with Gasteiger partial charge in [0.05, 0.1) is 18.1 Å². The fourth-order valence-corrected chi connectivity index (χ4v) is 10.3. The molecule has 7 aromatic rings. The average Bonchev–Trinajstić information content (AvgIpc) is 4.14. The van der Waals surface area contributed by atoms with Gasteiger partial charge in [0.1, 0.15) is 28.5 Å². The van der Waals surface area contributed by atoms with Crippen molar-refractivity contribution >= 4 is 33.4 Å². The number of rotatable bonds is 10. The molecule has 72 heavy (non-hydrogen) atoms. The third kappa shape index (κ3) is 10.8. The number of hydrogen-bond acceptors (Lipinski definition) is 14. The molecule has 0 radical (unpaired) electrons. The molecule has 1 amide bonds. The molecule has 5 N–H and O–H groups in total. The molecule has 4 aromatic carbocycles. The number of pyridine rings is 1. The van der Waals surface area contributed by atoms with Crippen molar-refractivity contribution in [2.24, 2.45) is 0 Å². The maximum atomic E-state index is 16.0. The summed E-state index contributed by atoms with van der Waals surface area (Å²) in [5.74, 6) is 0.268. The van der Waals surface area contributed by atoms with E-state index in [9.17, 15) is 15.0 Å². The lowest BCUT2D eigenvalue weighted by Gasteiger charge is -2.34. The smallest absolute Gasteiger partial charge is 0.318 e. The van der Waals surface area contributed by atoms with Crippen LogP contribution in [-0.4, -0.2) is 141 Å². The van der Waals surface area contributed by atoms with Gasteiger partial charge in [-0.3, -0.25) is 19.2 Å². The van der Waals surface area contributed by atoms with Crippen molar-refractivity contribution in [2.75, 3.05) is 78.0 Å². The molecule has 0 spiro atoms. The fourth-order valence-electron chi connectivity index (χ4n) is 10.3. The molecular weight excluding hydrogens is 912 g/mol. The number of ether oxygens (including phenoxy) is 1. The lowest BCUT2D eigenvalue weighted by molar-refractivity contribution is 0.0943. The Morgan fingerprint density at radius 2 is 1.61 bits per heavy atom. The Bertz CT molecular complexity index is 3010. The number of methoxy groups -OCH3 is 1. The Morgan fingerprint density at radius 1 is 0.903 bits per heavy atom. The SMILES string of the molecule is CCNC(=O)c1nnc(-c2cc(C(C)C)c(O)cc2O)n1-c1ccc(CN2CCNCC2)cc1.CN1CCCC1.COc1nc(N2CC3CCC(C2)N3)c2cnc(-c3cccc4cccc(C)c34)c(F)c2n1. The number of aromatic nitrogens is 6. The topological polar surface area (TPSA) is 182 Å². The third-order valence-electron chi connectivity index (χ3n) is 14.1. The number of hydrogen-bond donors (Lipinski definition) is 5. The summed E-state index contributed by atoms with van der Waals surface area (Å²) in [5.41, 5.74) is 5.34. The minimum atomic E-state index is -0.446. The molecule has 378 valence electrons. The number of phenolic OH excluding ortho intramolecular Hbond substituents is 2. The van der Waals surface area contributed by atoms with Crippen LogP contribution in [0.15, 0.2) is 79.0 Å². The summed E-state index contributed by atoms with van der Waals surface area (Å²) in [4.78, 5) is 33.4. The summed E-state index contributed by atoms with van der Waals surface area (Å²) in [7, 11) is 3.69. The number of benzene rings is 4. The number of fused-ring (bicyclic) bond motifs is 4. The summed E-state index contributed by atoms with van der Waals surface area (Å²) in [6.07, 6.45) is 6.84. The quantitative estimate of drug-likeness (QED) is 0.0905. The zero-order chi connectivity index (χ0) is 50.5. The van der Waals surface area contributed by atoms with E-state index < -0.39 is 5.82 Å². The number of piperazine rings is 2. The van der Waals surface area contributed by atoms with E-state index in [0.29, 0.717) is 58.2 Å². The Hall–Kier alpha value is -6.79. The van der Waals surface area contributed by atoms with E-state index in [1.807, 2.05) is 88.4 Å². The first kappa shape index (κ1) is 50.2. The minimum absolute atomic E-state index is 0.0172. The number of aromatic hydroxyl groups is 2. The number of halogens is 1. The number of carbonyl (C=O) groups is 1. The number of anilines is 1. The molecule has 4 aliphatic rings. The van der Waals surface area contributed by atoms with Gasteiger partial charge >= 0.3 is 6.01 Å². The summed E-state index contributed by atoms with van der Waals surface area (Å²) in [6, 6.07) is 24.0. The molecule has 17 heteroatoms. The van der Waals surface area contributed by atoms with Crippen LogP contribution in [0.25, 0.3) is 50.0 Å². The largest absolute Gasteiger partial charge is 0.508 e. The van der Waals surface area contributed by atoms with E-state index in [1.165, 1.54) is 44.7 Å². The zero-order valence-electron chi connectivity index (χ0n) is 42.3. The molecule has 4 saturated heterocycles. The molecule has 4 aliphatic heterocycles. The first-order valence-corrected chi connectivity index (χ1v) is 25.3. The van der Waals surface area contributed by atoms with Crippen LogP contribution in [0.4, 0.5) is 10.2 Å². The second-order valence-corrected chi connectivity index (χ2v) is 19.6. The van der Waals surface area contributed by atoms with Crippen LogP contribution in [-0.2, 0) is 6.54 Å². The molecule has 4 fully saturated rings. The highest BCUT2D eigenvalue weighted by Gasteiger charge is 2.34. The van der Waals surface area contributed by atoms with Crippen molar-refractivity contribution in [3.8, 4) is 45.8 Å². The van der Waals surface area contributed by atoms with E-state index >= 15 is 4.39 Å². The fraction of sp³-hybridized carbons (Fsp3) is 0.418. The van der Waals surface area contributed by atoms with Gasteiger partial charge in [-0.15, -0.1) is 10.2 Å². The maximum Gasteiger partial charge on any atom is 0.318 e. The molecule has 16 nitrogen and oxygen atoms in total. The van der Waals surface area contributed by atoms with Crippen molar-refractivity contribution < 1.29 is 24.1 Å². The van der Waals surface area contributed by atoms with E-state index in [4.69, 9.17) is 4.74 Å². The van der Waals surface area contributed by atoms with Crippen LogP contribution in [0.3, 0.4) is 0 Å². The molecule has 0 aliphatic carbocycles. The van der Waals surface area contributed by atoms with Crippen molar-refractivity contribution in [3.05, 3.63) is 107 Å². The number of carbonyl (C=O) groups excluding carboxylic acids is 1. The monoisotopic (exact) mass is 979 g/mol. The number of phenols is 2. The highest BCUT2D eigenvalue weighted by atomic mass is 19.1. The van der Waals surface area contributed by atoms with Crippen LogP contribution in [0.1, 0.15) is 79.7 Å². The van der Waals surface area contributed by atoms with Crippen LogP contribution < -0.4 is 25.6 Å². The summed E-state index contributed by atoms with van der Waals surface area (Å²) in [6.45, 7) is 17.4. The third-order valence-corrected chi connectivity index (χ3v) is 14.1. The van der Waals surface area contributed by atoms with Crippen LogP contribution >= 0.6 is 0 Å². The van der Waals surface area contributed by atoms with Gasteiger partial charge in [-0.1, -0.05) is 62.4 Å². The van der Waals surface area contributed by atoms with Crippen LogP contribution in [0.5, 0.6) is 17.5 Å². The van der Waals surface area contributed by atoms with Gasteiger partial charge in [-0.25, -0.2) is 4.39 Å². The molecule has 7 heterocycles. The van der Waals surface area contributed by atoms with E-state index in [-0.39, 0.29) is 40.7 Å². The second kappa shape index (κ2) is 22.3. The Morgan fingerprint density at radius 3 is 2.26 bits per heavy atom. The standard InChI is InChI=1S/C25H24FN5O.C25H32N6O3.C5H11N/c1-14-5-3-6-15-7-4-8-18(20(14)15)22-21(26)23-19(11-27-22)24(30-25(29-23)32-2)31-12-16-9-10-17(13-31)28-16;1-4-27-25(34)24-29-28-23(20-13-19(16(2)3)21(32)14-22(20)33)31(24)18-7-5-17(6-8-18)15-30-11-9-26-10-12-30;1-6-4-2-3-5-6/h3-8,11,16-17,28H,9-10,12-13H2,1-2H3;5-8,13-14,16,26,32-33H,4,9-12,15H2,1-3H3,(H,27,34);2-5H2,1H3. The van der Waals surface area contributed by atoms with E-state index in [1.54, 1.807) is 16.8 Å². The Balaban J connectivity index is 0.000000159. The Kier molecular flexibility index (Phi) is 15.6. The molecule has 0 saturated carbocycles. The maximum absolute atomic E-state index is 16.0. The lowest BCUT2D eigenvalue weighted by atomic mass is 9.97. The highest BCUT2D eigenvalue weighted by molar-refractivity contribution is 6.00. The van der Waals surface area contributed by atoms with E-state index in [2.05, 4.69) is 62.8 Å². The van der Waals surface area contributed by atoms with Crippen molar-refractivity contribution in [1.82, 2.24) is 55.5 Å². The van der Waals surface area contributed by atoms with Gasteiger partial charge < -0.3 is 40.7 Å². The van der Waals surface area contributed by atoms with Gasteiger partial charge in [-0.2, -0.15) is 9.97 Å². The number of nitrogens with zero attached hydrogens (tertiary/aromatic N) is 9. The minimum Gasteiger partial charge on any atom is -0.508 e. The van der Waals surface area contributed by atoms with Gasteiger partial charge in [0, 0.05) is 88.0 Å². The number of nitrogens with one attached hydrogen (secondary N) is 3. The number of aryl methyl sites for hydroxylation is 1. The number of amides is 1. The van der Waals surface area contributed by atoms with Gasteiger partial charge in [-0.05, 0) is 111 Å². The van der Waals surface area contributed by atoms with Gasteiger partial charge in [0.25, 0.3) is 5.91 Å².